The van der Waals surface area contributed by atoms with E-state index < -0.39 is 0 Å². The number of halogens is 3. The van der Waals surface area contributed by atoms with Gasteiger partial charge in [-0.1, -0.05) is 38.4 Å². The number of imidazole rings is 2. The van der Waals surface area contributed by atoms with Gasteiger partial charge in [-0.3, -0.25) is 8.80 Å². The molecule has 0 atom stereocenters. The summed E-state index contributed by atoms with van der Waals surface area (Å²) in [6, 6.07) is 16.1. The quantitative estimate of drug-likeness (QED) is 0.0720. The zero-order valence-corrected chi connectivity index (χ0v) is 28.5. The van der Waals surface area contributed by atoms with E-state index in [1.165, 1.54) is 36.0 Å². The molecule has 6 heterocycles. The predicted octanol–water partition coefficient (Wildman–Crippen LogP) is 9.97. The molecule has 0 spiro atoms. The van der Waals surface area contributed by atoms with Gasteiger partial charge in [0.1, 0.15) is 39.2 Å². The van der Waals surface area contributed by atoms with Crippen molar-refractivity contribution in [3.63, 3.8) is 0 Å². The van der Waals surface area contributed by atoms with Crippen LogP contribution in [0.15, 0.2) is 123 Å². The lowest BCUT2D eigenvalue weighted by atomic mass is 10.1. The first-order valence-electron chi connectivity index (χ1n) is 13.7. The van der Waals surface area contributed by atoms with E-state index in [0.717, 1.165) is 37.1 Å². The van der Waals surface area contributed by atoms with Crippen LogP contribution in [0, 0.1) is 15.3 Å². The maximum absolute atomic E-state index is 13.2. The van der Waals surface area contributed by atoms with Crippen LogP contribution in [0.5, 0.6) is 0 Å². The topological polar surface area (TPSA) is 112 Å². The summed E-state index contributed by atoms with van der Waals surface area (Å²) < 4.78 is 41.0. The highest BCUT2D eigenvalue weighted by Crippen LogP contribution is 2.32. The molecule has 0 unspecified atom stereocenters. The van der Waals surface area contributed by atoms with Crippen LogP contribution in [0.2, 0.25) is 0 Å². The number of benzene rings is 2. The average molecular weight is 816 g/mol. The van der Waals surface area contributed by atoms with Gasteiger partial charge in [0.15, 0.2) is 10.3 Å². The molecule has 0 fully saturated rings. The number of rotatable bonds is 5. The van der Waals surface area contributed by atoms with E-state index >= 15 is 0 Å². The third-order valence-corrected chi connectivity index (χ3v) is 8.18. The van der Waals surface area contributed by atoms with E-state index in [1.54, 1.807) is 77.7 Å². The Bertz CT molecular complexity index is 2210. The highest BCUT2D eigenvalue weighted by Gasteiger charge is 2.19. The maximum atomic E-state index is 13.2. The lowest BCUT2D eigenvalue weighted by Gasteiger charge is -2.05. The van der Waals surface area contributed by atoms with E-state index in [2.05, 4.69) is 52.5 Å². The van der Waals surface area contributed by atoms with E-state index in [1.807, 2.05) is 35.2 Å². The van der Waals surface area contributed by atoms with Gasteiger partial charge in [-0.2, -0.15) is 9.97 Å². The van der Waals surface area contributed by atoms with Crippen LogP contribution < -0.4 is 0 Å². The predicted molar refractivity (Wildman–Crippen MR) is 201 cm³/mol. The third kappa shape index (κ3) is 8.90. The fraction of sp³-hybridized carbons (Fsp3) is 0.118. The van der Waals surface area contributed by atoms with Gasteiger partial charge in [-0.05, 0) is 95.8 Å². The molecular formula is C34H33F2IN8O2S2. The first kappa shape index (κ1) is 37.2. The van der Waals surface area contributed by atoms with Gasteiger partial charge in [-0.15, -0.1) is 0 Å². The molecule has 8 aromatic rings. The van der Waals surface area contributed by atoms with E-state index in [4.69, 9.17) is 8.83 Å². The molecule has 6 aromatic heterocycles. The van der Waals surface area contributed by atoms with Gasteiger partial charge in [0.25, 0.3) is 0 Å². The number of hydrogen-bond acceptors (Lipinski definition) is 10. The Morgan fingerprint density at radius 2 is 1.27 bits per heavy atom. The first-order chi connectivity index (χ1) is 22.9. The molecule has 49 heavy (non-hydrogen) atoms. The van der Waals surface area contributed by atoms with E-state index in [9.17, 15) is 8.78 Å². The Kier molecular flexibility index (Phi) is 13.0. The summed E-state index contributed by atoms with van der Waals surface area (Å²) >= 11 is 5.19. The molecule has 0 N–H and O–H groups in total. The Morgan fingerprint density at radius 1 is 0.673 bits per heavy atom. The van der Waals surface area contributed by atoms with E-state index in [-0.39, 0.29) is 27.9 Å². The van der Waals surface area contributed by atoms with Crippen molar-refractivity contribution in [3.8, 4) is 33.9 Å². The van der Waals surface area contributed by atoms with Gasteiger partial charge < -0.3 is 8.83 Å². The lowest BCUT2D eigenvalue weighted by Crippen LogP contribution is -1.93. The van der Waals surface area contributed by atoms with Crippen LogP contribution in [0.4, 0.5) is 8.78 Å². The second-order valence-corrected chi connectivity index (χ2v) is 12.0. The van der Waals surface area contributed by atoms with Gasteiger partial charge >= 0.3 is 11.7 Å². The number of thioether (sulfide) groups is 2. The molecule has 0 aliphatic heterocycles. The van der Waals surface area contributed by atoms with Crippen molar-refractivity contribution in [2.45, 2.75) is 25.2 Å². The van der Waals surface area contributed by atoms with Gasteiger partial charge in [0, 0.05) is 43.5 Å². The number of hydrogen-bond donors (Lipinski definition) is 0. The highest BCUT2D eigenvalue weighted by atomic mass is 127. The van der Waals surface area contributed by atoms with Crippen molar-refractivity contribution < 1.29 is 19.0 Å². The molecule has 254 valence electrons. The molecule has 0 saturated carbocycles. The van der Waals surface area contributed by atoms with Crippen molar-refractivity contribution >= 4 is 57.8 Å². The molecule has 8 rings (SSSR count). The van der Waals surface area contributed by atoms with E-state index in [0.29, 0.717) is 22.5 Å². The smallest absolute Gasteiger partial charge is 0.306 e. The maximum Gasteiger partial charge on any atom is 0.306 e. The summed E-state index contributed by atoms with van der Waals surface area (Å²) in [5.41, 5.74) is 4.65. The molecule has 15 heteroatoms. The zero-order chi connectivity index (χ0) is 32.8. The largest absolute Gasteiger partial charge is 0.432 e. The lowest BCUT2D eigenvalue weighted by molar-refractivity contribution is 0.596. The Hall–Kier alpha value is -4.61. The van der Waals surface area contributed by atoms with Crippen LogP contribution in [0.1, 0.15) is 16.3 Å². The zero-order valence-electron chi connectivity index (χ0n) is 24.7. The number of fused-ring (bicyclic) bond motifs is 2. The molecule has 0 aliphatic carbocycles. The standard InChI is InChI=1S/C16H11FN4OS.C11H7FN2O.C5H5IN2S.2CH4.H2/c1-23-15-18-7-6-12(19-15)14-13(10-2-4-11(17)5-3-10)20-16-21(14)8-9-22-16;12-9-3-1-8(2-4-9)10-7-14-5-6-15-11(14)13-10;1-9-5-7-3-2-4(6)8-5;;;/h2-9H,1H3;1-7H;2-3H,1H3;2*1H4;1H/i;;;;;1+1. The normalized spacial score (nSPS) is 10.4. The molecule has 0 radical (unpaired) electrons. The highest BCUT2D eigenvalue weighted by molar-refractivity contribution is 14.1. The van der Waals surface area contributed by atoms with Crippen LogP contribution in [0.3, 0.4) is 0 Å². The molecule has 0 aliphatic rings. The van der Waals surface area contributed by atoms with Crippen LogP contribution in [-0.4, -0.2) is 51.2 Å². The third-order valence-electron chi connectivity index (χ3n) is 6.45. The van der Waals surface area contributed by atoms with Crippen LogP contribution >= 0.6 is 46.1 Å². The summed E-state index contributed by atoms with van der Waals surface area (Å²) in [7, 11) is 0. The van der Waals surface area contributed by atoms with Gasteiger partial charge in [0.05, 0.1) is 11.4 Å². The summed E-state index contributed by atoms with van der Waals surface area (Å²) in [5, 5.41) is 1.51. The number of nitrogens with zero attached hydrogens (tertiary/aromatic N) is 8. The summed E-state index contributed by atoms with van der Waals surface area (Å²) in [5.74, 6) is 0.463. The van der Waals surface area contributed by atoms with Gasteiger partial charge in [-0.25, -0.2) is 28.7 Å². The second kappa shape index (κ2) is 17.2. The molecule has 2 aromatic carbocycles. The Balaban J connectivity index is 0.000000217. The molecule has 0 saturated heterocycles. The summed E-state index contributed by atoms with van der Waals surface area (Å²) in [4.78, 5) is 25.6. The van der Waals surface area contributed by atoms with Crippen molar-refractivity contribution in [1.82, 2.24) is 38.7 Å². The molecule has 10 nitrogen and oxygen atoms in total. The Morgan fingerprint density at radius 3 is 1.88 bits per heavy atom. The fourth-order valence-electron chi connectivity index (χ4n) is 4.32. The Labute approximate surface area is 305 Å². The van der Waals surface area contributed by atoms with Crippen LogP contribution in [0.25, 0.3) is 45.6 Å². The fourth-order valence-corrected chi connectivity index (χ4v) is 5.58. The minimum Gasteiger partial charge on any atom is -0.432 e. The first-order valence-corrected chi connectivity index (χ1v) is 17.2. The monoisotopic (exact) mass is 815 g/mol. The van der Waals surface area contributed by atoms with Gasteiger partial charge in [0.2, 0.25) is 0 Å². The van der Waals surface area contributed by atoms with Crippen molar-refractivity contribution in [1.29, 1.82) is 0 Å². The van der Waals surface area contributed by atoms with Crippen molar-refractivity contribution in [3.05, 3.63) is 120 Å². The summed E-state index contributed by atoms with van der Waals surface area (Å²) in [6.07, 6.45) is 15.9. The minimum atomic E-state index is -0.287. The second-order valence-electron chi connectivity index (χ2n) is 9.39. The SMILES string of the molecule is C.C.CSc1nccc(-c2c(-c3ccc(F)cc3)nc3occn23)n1.CSc1nccc(I)n1.Fc1ccc(-c2cn3ccoc3n2)cc1.[2HH]. The van der Waals surface area contributed by atoms with Crippen molar-refractivity contribution in [2.24, 2.45) is 0 Å². The summed E-state index contributed by atoms with van der Waals surface area (Å²) in [6.45, 7) is 0. The van der Waals surface area contributed by atoms with Crippen molar-refractivity contribution in [2.75, 3.05) is 12.5 Å². The molecule has 0 bridgehead atoms. The molecule has 0 amide bonds. The number of aromatic nitrogens is 8. The minimum absolute atomic E-state index is 0. The number of oxazole rings is 2. The average Bonchev–Trinajstić information content (AvgIpc) is 3.88. The van der Waals surface area contributed by atoms with Crippen LogP contribution in [-0.2, 0) is 0 Å². The molecular weight excluding hydrogens is 781 g/mol.